The lowest BCUT2D eigenvalue weighted by molar-refractivity contribution is 0.00791. The minimum absolute atomic E-state index is 0.444. The zero-order valence-electron chi connectivity index (χ0n) is 16.7. The van der Waals surface area contributed by atoms with Gasteiger partial charge in [0.2, 0.25) is 5.95 Å². The summed E-state index contributed by atoms with van der Waals surface area (Å²) in [6.07, 6.45) is 6.74. The third kappa shape index (κ3) is 4.22. The minimum Gasteiger partial charge on any atom is -0.379 e. The molecule has 3 aromatic heterocycles. The Balaban J connectivity index is 1.28. The largest absolute Gasteiger partial charge is 0.379 e. The summed E-state index contributed by atoms with van der Waals surface area (Å²) in [5.41, 5.74) is 2.00. The van der Waals surface area contributed by atoms with Gasteiger partial charge in [0.15, 0.2) is 5.82 Å². The van der Waals surface area contributed by atoms with Gasteiger partial charge in [-0.05, 0) is 62.3 Å². The Bertz CT molecular complexity index is 957. The maximum absolute atomic E-state index is 5.50. The fourth-order valence-electron chi connectivity index (χ4n) is 4.35. The number of hydrogen-bond donors (Lipinski definition) is 2. The summed E-state index contributed by atoms with van der Waals surface area (Å²) in [7, 11) is 0. The fourth-order valence-corrected chi connectivity index (χ4v) is 5.00. The maximum atomic E-state index is 5.50. The molecular formula is C20H27N7OS. The molecule has 1 saturated heterocycles. The molecule has 1 saturated carbocycles. The van der Waals surface area contributed by atoms with Gasteiger partial charge in [-0.3, -0.25) is 4.90 Å². The number of hydrogen-bond acceptors (Lipinski definition) is 8. The topological polar surface area (TPSA) is 79.6 Å². The molecule has 0 spiro atoms. The van der Waals surface area contributed by atoms with E-state index in [0.717, 1.165) is 61.2 Å². The predicted octanol–water partition coefficient (Wildman–Crippen LogP) is 3.29. The van der Waals surface area contributed by atoms with Crippen molar-refractivity contribution < 1.29 is 4.74 Å². The number of aryl methyl sites for hydroxylation is 1. The first-order chi connectivity index (χ1) is 14.2. The first kappa shape index (κ1) is 18.8. The van der Waals surface area contributed by atoms with Crippen molar-refractivity contribution in [1.29, 1.82) is 0 Å². The molecule has 29 heavy (non-hydrogen) atoms. The molecule has 1 aliphatic carbocycles. The van der Waals surface area contributed by atoms with Crippen LogP contribution in [0.4, 0.5) is 16.8 Å². The van der Waals surface area contributed by atoms with Crippen LogP contribution in [0, 0.1) is 6.92 Å². The standard InChI is InChI=1S/C20H27N7OS/c1-14-13-18(29-25-14)22-20-23-19(17-3-2-8-27(17)24-20)21-15-4-6-16(7-5-15)26-9-11-28-12-10-26/h2-3,8,13,15-16H,4-7,9-12H2,1H3,(H2,21,22,23,24)/t15-,16-. The number of morpholine rings is 1. The molecule has 1 aliphatic heterocycles. The molecule has 2 N–H and O–H groups in total. The smallest absolute Gasteiger partial charge is 0.248 e. The van der Waals surface area contributed by atoms with E-state index in [0.29, 0.717) is 18.0 Å². The van der Waals surface area contributed by atoms with Crippen LogP contribution in [-0.4, -0.2) is 62.3 Å². The highest BCUT2D eigenvalue weighted by Crippen LogP contribution is 2.28. The Morgan fingerprint density at radius 1 is 1.17 bits per heavy atom. The molecule has 8 nitrogen and oxygen atoms in total. The van der Waals surface area contributed by atoms with E-state index < -0.39 is 0 Å². The van der Waals surface area contributed by atoms with Crippen molar-refractivity contribution in [3.63, 3.8) is 0 Å². The van der Waals surface area contributed by atoms with Gasteiger partial charge < -0.3 is 15.4 Å². The zero-order valence-corrected chi connectivity index (χ0v) is 17.5. The lowest BCUT2D eigenvalue weighted by Gasteiger charge is -2.39. The van der Waals surface area contributed by atoms with E-state index >= 15 is 0 Å². The lowest BCUT2D eigenvalue weighted by Crippen LogP contribution is -2.46. The summed E-state index contributed by atoms with van der Waals surface area (Å²) in [5.74, 6) is 1.48. The summed E-state index contributed by atoms with van der Waals surface area (Å²) in [4.78, 5) is 7.38. The van der Waals surface area contributed by atoms with Gasteiger partial charge in [0.05, 0.1) is 18.9 Å². The van der Waals surface area contributed by atoms with Gasteiger partial charge in [-0.25, -0.2) is 4.52 Å². The SMILES string of the molecule is Cc1cc(Nc2nc(N[C@H]3CC[C@H](N4CCOCC4)CC3)c3cccn3n2)sn1. The Hall–Kier alpha value is -2.23. The fraction of sp³-hybridized carbons (Fsp3) is 0.550. The molecule has 0 unspecified atom stereocenters. The second kappa shape index (κ2) is 8.25. The van der Waals surface area contributed by atoms with E-state index in [9.17, 15) is 0 Å². The molecule has 4 heterocycles. The molecule has 2 aliphatic rings. The second-order valence-corrected chi connectivity index (χ2v) is 8.68. The van der Waals surface area contributed by atoms with Crippen LogP contribution >= 0.6 is 11.5 Å². The molecule has 3 aromatic rings. The van der Waals surface area contributed by atoms with E-state index in [2.05, 4.69) is 31.1 Å². The van der Waals surface area contributed by atoms with E-state index in [1.54, 1.807) is 0 Å². The predicted molar refractivity (Wildman–Crippen MR) is 115 cm³/mol. The first-order valence-corrected chi connectivity index (χ1v) is 11.2. The molecule has 5 rings (SSSR count). The van der Waals surface area contributed by atoms with Crippen molar-refractivity contribution in [1.82, 2.24) is 23.9 Å². The highest BCUT2D eigenvalue weighted by Gasteiger charge is 2.27. The Kier molecular flexibility index (Phi) is 5.34. The van der Waals surface area contributed by atoms with Crippen molar-refractivity contribution in [2.24, 2.45) is 0 Å². The monoisotopic (exact) mass is 413 g/mol. The van der Waals surface area contributed by atoms with Crippen LogP contribution < -0.4 is 10.6 Å². The number of nitrogens with zero attached hydrogens (tertiary/aromatic N) is 5. The van der Waals surface area contributed by atoms with Gasteiger partial charge in [0.25, 0.3) is 0 Å². The van der Waals surface area contributed by atoms with Gasteiger partial charge in [-0.1, -0.05) is 0 Å². The molecule has 0 aromatic carbocycles. The van der Waals surface area contributed by atoms with E-state index in [1.807, 2.05) is 29.8 Å². The molecule has 154 valence electrons. The number of aromatic nitrogens is 4. The quantitative estimate of drug-likeness (QED) is 0.664. The van der Waals surface area contributed by atoms with Crippen LogP contribution in [0.1, 0.15) is 31.4 Å². The van der Waals surface area contributed by atoms with Crippen LogP contribution in [0.25, 0.3) is 5.52 Å². The van der Waals surface area contributed by atoms with Gasteiger partial charge in [0.1, 0.15) is 10.5 Å². The molecule has 0 radical (unpaired) electrons. The highest BCUT2D eigenvalue weighted by atomic mass is 32.1. The van der Waals surface area contributed by atoms with E-state index in [-0.39, 0.29) is 0 Å². The summed E-state index contributed by atoms with van der Waals surface area (Å²) in [6, 6.07) is 7.21. The van der Waals surface area contributed by atoms with Crippen molar-refractivity contribution in [2.75, 3.05) is 36.9 Å². The molecule has 0 amide bonds. The summed E-state index contributed by atoms with van der Waals surface area (Å²) in [5, 5.41) is 12.5. The van der Waals surface area contributed by atoms with Crippen LogP contribution in [0.2, 0.25) is 0 Å². The van der Waals surface area contributed by atoms with Crippen molar-refractivity contribution in [3.05, 3.63) is 30.1 Å². The van der Waals surface area contributed by atoms with Gasteiger partial charge >= 0.3 is 0 Å². The highest BCUT2D eigenvalue weighted by molar-refractivity contribution is 7.10. The molecule has 0 bridgehead atoms. The molecule has 2 fully saturated rings. The van der Waals surface area contributed by atoms with Crippen LogP contribution in [0.15, 0.2) is 24.4 Å². The summed E-state index contributed by atoms with van der Waals surface area (Å²) >= 11 is 1.42. The van der Waals surface area contributed by atoms with Crippen LogP contribution in [0.5, 0.6) is 0 Å². The molecule has 0 atom stereocenters. The Morgan fingerprint density at radius 3 is 2.76 bits per heavy atom. The average molecular weight is 414 g/mol. The normalized spacial score (nSPS) is 23.3. The summed E-state index contributed by atoms with van der Waals surface area (Å²) < 4.78 is 11.7. The third-order valence-corrected chi connectivity index (χ3v) is 6.65. The Morgan fingerprint density at radius 2 is 2.00 bits per heavy atom. The maximum Gasteiger partial charge on any atom is 0.248 e. The summed E-state index contributed by atoms with van der Waals surface area (Å²) in [6.45, 7) is 5.88. The number of anilines is 3. The first-order valence-electron chi connectivity index (χ1n) is 10.4. The molecular weight excluding hydrogens is 386 g/mol. The van der Waals surface area contributed by atoms with Crippen LogP contribution in [0.3, 0.4) is 0 Å². The van der Waals surface area contributed by atoms with E-state index in [1.165, 1.54) is 24.4 Å². The average Bonchev–Trinajstić information content (AvgIpc) is 3.38. The van der Waals surface area contributed by atoms with E-state index in [4.69, 9.17) is 9.72 Å². The number of nitrogens with one attached hydrogen (secondary N) is 2. The zero-order chi connectivity index (χ0) is 19.6. The minimum atomic E-state index is 0.444. The second-order valence-electron chi connectivity index (χ2n) is 7.88. The van der Waals surface area contributed by atoms with Gasteiger partial charge in [-0.2, -0.15) is 9.36 Å². The van der Waals surface area contributed by atoms with Gasteiger partial charge in [-0.15, -0.1) is 5.10 Å². The number of ether oxygens (including phenoxy) is 1. The molecule has 9 heteroatoms. The lowest BCUT2D eigenvalue weighted by atomic mass is 9.90. The van der Waals surface area contributed by atoms with Crippen molar-refractivity contribution >= 4 is 33.8 Å². The Labute approximate surface area is 174 Å². The third-order valence-electron chi connectivity index (χ3n) is 5.85. The number of fused-ring (bicyclic) bond motifs is 1. The van der Waals surface area contributed by atoms with Crippen molar-refractivity contribution in [3.8, 4) is 0 Å². The number of rotatable bonds is 5. The van der Waals surface area contributed by atoms with Gasteiger partial charge in [0, 0.05) is 31.4 Å². The van der Waals surface area contributed by atoms with Crippen molar-refractivity contribution in [2.45, 2.75) is 44.7 Å². The van der Waals surface area contributed by atoms with Crippen LogP contribution in [-0.2, 0) is 4.74 Å².